The minimum absolute atomic E-state index is 0.286. The normalized spacial score (nSPS) is 11.6. The Kier molecular flexibility index (Phi) is 3.77. The van der Waals surface area contributed by atoms with Crippen LogP contribution in [0.2, 0.25) is 0 Å². The number of aromatic nitrogens is 1. The Morgan fingerprint density at radius 3 is 2.48 bits per heavy atom. The predicted octanol–water partition coefficient (Wildman–Crippen LogP) is 2.60. The molecule has 1 aromatic carbocycles. The van der Waals surface area contributed by atoms with Gasteiger partial charge in [-0.1, -0.05) is 18.2 Å². The maximum absolute atomic E-state index is 12.7. The molecule has 0 aliphatic heterocycles. The standard InChI is InChI=1S/C16H20N2O3/c1-5-18-10-12(11-8-6-7-9-13(11)18)14(19)17(4)16(2,3)15(20)21/h6-10H,5H2,1-4H3,(H,20,21). The van der Waals surface area contributed by atoms with Crippen LogP contribution in [0.5, 0.6) is 0 Å². The van der Waals surface area contributed by atoms with Gasteiger partial charge < -0.3 is 14.6 Å². The smallest absolute Gasteiger partial charge is 0.329 e. The molecule has 1 heterocycles. The first-order chi connectivity index (χ1) is 9.80. The first kappa shape index (κ1) is 15.1. The average Bonchev–Trinajstić information content (AvgIpc) is 2.84. The number of aliphatic carboxylic acids is 1. The zero-order chi connectivity index (χ0) is 15.8. The van der Waals surface area contributed by atoms with Crippen molar-refractivity contribution in [3.05, 3.63) is 36.0 Å². The molecule has 0 saturated heterocycles. The van der Waals surface area contributed by atoms with Crippen molar-refractivity contribution >= 4 is 22.8 Å². The van der Waals surface area contributed by atoms with Crippen molar-refractivity contribution < 1.29 is 14.7 Å². The Morgan fingerprint density at radius 2 is 1.90 bits per heavy atom. The lowest BCUT2D eigenvalue weighted by molar-refractivity contribution is -0.147. The summed E-state index contributed by atoms with van der Waals surface area (Å²) in [4.78, 5) is 25.3. The lowest BCUT2D eigenvalue weighted by Crippen LogP contribution is -2.50. The summed E-state index contributed by atoms with van der Waals surface area (Å²) in [6.45, 7) is 5.80. The van der Waals surface area contributed by atoms with Crippen molar-refractivity contribution in [2.75, 3.05) is 7.05 Å². The van der Waals surface area contributed by atoms with E-state index in [1.807, 2.05) is 35.8 Å². The van der Waals surface area contributed by atoms with Crippen LogP contribution in [0.3, 0.4) is 0 Å². The minimum Gasteiger partial charge on any atom is -0.480 e. The van der Waals surface area contributed by atoms with E-state index in [1.165, 1.54) is 25.8 Å². The Labute approximate surface area is 123 Å². The fourth-order valence-corrected chi connectivity index (χ4v) is 2.26. The Hall–Kier alpha value is -2.30. The minimum atomic E-state index is -1.26. The Morgan fingerprint density at radius 1 is 1.29 bits per heavy atom. The van der Waals surface area contributed by atoms with E-state index in [0.29, 0.717) is 5.56 Å². The lowest BCUT2D eigenvalue weighted by atomic mass is 10.0. The fraction of sp³-hybridized carbons (Fsp3) is 0.375. The van der Waals surface area contributed by atoms with Crippen molar-refractivity contribution in [3.63, 3.8) is 0 Å². The van der Waals surface area contributed by atoms with Crippen molar-refractivity contribution in [1.29, 1.82) is 0 Å². The van der Waals surface area contributed by atoms with Gasteiger partial charge >= 0.3 is 5.97 Å². The van der Waals surface area contributed by atoms with Crippen LogP contribution in [-0.2, 0) is 11.3 Å². The van der Waals surface area contributed by atoms with E-state index in [2.05, 4.69) is 0 Å². The SMILES string of the molecule is CCn1cc(C(=O)N(C)C(C)(C)C(=O)O)c2ccccc21. The third-order valence-electron chi connectivity index (χ3n) is 4.03. The highest BCUT2D eigenvalue weighted by molar-refractivity contribution is 6.08. The summed E-state index contributed by atoms with van der Waals surface area (Å²) in [5.74, 6) is -1.32. The highest BCUT2D eigenvalue weighted by Gasteiger charge is 2.36. The molecule has 0 aliphatic rings. The van der Waals surface area contributed by atoms with Crippen LogP contribution in [0.4, 0.5) is 0 Å². The summed E-state index contributed by atoms with van der Waals surface area (Å²) >= 11 is 0. The van der Waals surface area contributed by atoms with E-state index in [4.69, 9.17) is 0 Å². The van der Waals surface area contributed by atoms with E-state index in [1.54, 1.807) is 6.20 Å². The van der Waals surface area contributed by atoms with E-state index in [0.717, 1.165) is 17.4 Å². The Bertz CT molecular complexity index is 701. The first-order valence-corrected chi connectivity index (χ1v) is 6.90. The van der Waals surface area contributed by atoms with Gasteiger partial charge in [-0.3, -0.25) is 4.79 Å². The van der Waals surface area contributed by atoms with Crippen LogP contribution in [0.15, 0.2) is 30.5 Å². The van der Waals surface area contributed by atoms with Gasteiger partial charge in [0, 0.05) is 30.7 Å². The summed E-state index contributed by atoms with van der Waals surface area (Å²) in [5.41, 5.74) is 0.251. The monoisotopic (exact) mass is 288 g/mol. The number of carbonyl (C=O) groups is 2. The zero-order valence-electron chi connectivity index (χ0n) is 12.8. The number of carboxylic acids is 1. The van der Waals surface area contributed by atoms with Gasteiger partial charge in [0.05, 0.1) is 5.56 Å². The fourth-order valence-electron chi connectivity index (χ4n) is 2.26. The molecule has 21 heavy (non-hydrogen) atoms. The van der Waals surface area contributed by atoms with Crippen LogP contribution in [0, 0.1) is 0 Å². The summed E-state index contributed by atoms with van der Waals surface area (Å²) in [7, 11) is 1.52. The zero-order valence-corrected chi connectivity index (χ0v) is 12.8. The molecule has 2 rings (SSSR count). The van der Waals surface area contributed by atoms with Gasteiger partial charge in [-0.15, -0.1) is 0 Å². The number of fused-ring (bicyclic) bond motifs is 1. The second kappa shape index (κ2) is 5.24. The molecular weight excluding hydrogens is 268 g/mol. The number of nitrogens with zero attached hydrogens (tertiary/aromatic N) is 2. The average molecular weight is 288 g/mol. The predicted molar refractivity (Wildman–Crippen MR) is 81.4 cm³/mol. The van der Waals surface area contributed by atoms with Crippen LogP contribution in [0.1, 0.15) is 31.1 Å². The second-order valence-electron chi connectivity index (χ2n) is 5.57. The number of rotatable bonds is 4. The molecule has 0 atom stereocenters. The van der Waals surface area contributed by atoms with Crippen LogP contribution < -0.4 is 0 Å². The van der Waals surface area contributed by atoms with Crippen LogP contribution in [0.25, 0.3) is 10.9 Å². The second-order valence-corrected chi connectivity index (χ2v) is 5.57. The van der Waals surface area contributed by atoms with Gasteiger partial charge in [0.15, 0.2) is 0 Å². The van der Waals surface area contributed by atoms with Crippen molar-refractivity contribution in [2.24, 2.45) is 0 Å². The molecule has 0 aliphatic carbocycles. The van der Waals surface area contributed by atoms with Crippen molar-refractivity contribution in [1.82, 2.24) is 9.47 Å². The largest absolute Gasteiger partial charge is 0.480 e. The van der Waals surface area contributed by atoms with E-state index < -0.39 is 11.5 Å². The van der Waals surface area contributed by atoms with Gasteiger partial charge in [-0.05, 0) is 26.8 Å². The summed E-state index contributed by atoms with van der Waals surface area (Å²) in [6, 6.07) is 7.64. The van der Waals surface area contributed by atoms with Gasteiger partial charge in [0.25, 0.3) is 5.91 Å². The molecular formula is C16H20N2O3. The first-order valence-electron chi connectivity index (χ1n) is 6.90. The number of carbonyl (C=O) groups excluding carboxylic acids is 1. The van der Waals surface area contributed by atoms with Crippen LogP contribution in [-0.4, -0.2) is 39.0 Å². The summed E-state index contributed by atoms with van der Waals surface area (Å²) in [6.07, 6.45) is 1.79. The molecule has 0 unspecified atom stereocenters. The highest BCUT2D eigenvalue weighted by atomic mass is 16.4. The molecule has 0 bridgehead atoms. The number of carboxylic acid groups (broad SMARTS) is 1. The quantitative estimate of drug-likeness (QED) is 0.940. The van der Waals surface area contributed by atoms with Gasteiger partial charge in [0.2, 0.25) is 0 Å². The highest BCUT2D eigenvalue weighted by Crippen LogP contribution is 2.25. The number of amides is 1. The maximum Gasteiger partial charge on any atom is 0.329 e. The molecule has 1 amide bonds. The summed E-state index contributed by atoms with van der Waals surface area (Å²) < 4.78 is 1.99. The molecule has 0 radical (unpaired) electrons. The van der Waals surface area contributed by atoms with E-state index in [9.17, 15) is 14.7 Å². The molecule has 1 N–H and O–H groups in total. The number of likely N-dealkylation sites (N-methyl/N-ethyl adjacent to an activating group) is 1. The number of aryl methyl sites for hydroxylation is 1. The number of hydrogen-bond acceptors (Lipinski definition) is 2. The molecule has 1 aromatic heterocycles. The molecule has 5 heteroatoms. The van der Waals surface area contributed by atoms with Crippen LogP contribution >= 0.6 is 0 Å². The summed E-state index contributed by atoms with van der Waals surface area (Å²) in [5, 5.41) is 10.1. The van der Waals surface area contributed by atoms with Crippen molar-refractivity contribution in [3.8, 4) is 0 Å². The molecule has 0 saturated carbocycles. The third kappa shape index (κ3) is 2.39. The molecule has 112 valence electrons. The number of para-hydroxylation sites is 1. The van der Waals surface area contributed by atoms with Crippen molar-refractivity contribution in [2.45, 2.75) is 32.9 Å². The lowest BCUT2D eigenvalue weighted by Gasteiger charge is -2.31. The third-order valence-corrected chi connectivity index (χ3v) is 4.03. The van der Waals surface area contributed by atoms with E-state index in [-0.39, 0.29) is 5.91 Å². The molecule has 0 spiro atoms. The van der Waals surface area contributed by atoms with Gasteiger partial charge in [0.1, 0.15) is 5.54 Å². The van der Waals surface area contributed by atoms with E-state index >= 15 is 0 Å². The van der Waals surface area contributed by atoms with Gasteiger partial charge in [-0.2, -0.15) is 0 Å². The van der Waals surface area contributed by atoms with Gasteiger partial charge in [-0.25, -0.2) is 4.79 Å². The number of hydrogen-bond donors (Lipinski definition) is 1. The Balaban J connectivity index is 2.52. The molecule has 0 fully saturated rings. The topological polar surface area (TPSA) is 62.5 Å². The number of benzene rings is 1. The molecule has 2 aromatic rings. The maximum atomic E-state index is 12.7. The molecule has 5 nitrogen and oxygen atoms in total.